The van der Waals surface area contributed by atoms with Crippen molar-refractivity contribution >= 4 is 27.6 Å². The number of fused-ring (bicyclic) bond motifs is 2. The highest BCUT2D eigenvalue weighted by Crippen LogP contribution is 2.34. The van der Waals surface area contributed by atoms with Crippen LogP contribution in [0, 0.1) is 0 Å². The summed E-state index contributed by atoms with van der Waals surface area (Å²) in [7, 11) is 0. The third kappa shape index (κ3) is 2.69. The molecule has 0 spiro atoms. The Kier molecular flexibility index (Phi) is 3.65. The van der Waals surface area contributed by atoms with Crippen molar-refractivity contribution in [1.82, 2.24) is 30.4 Å². The van der Waals surface area contributed by atoms with E-state index < -0.39 is 0 Å². The quantitative estimate of drug-likeness (QED) is 0.428. The summed E-state index contributed by atoms with van der Waals surface area (Å²) in [5, 5.41) is 17.0. The first-order valence-corrected chi connectivity index (χ1v) is 10.1. The fourth-order valence-corrected chi connectivity index (χ4v) is 4.33. The molecule has 144 valence electrons. The van der Waals surface area contributed by atoms with Gasteiger partial charge in [-0.05, 0) is 49.1 Å². The van der Waals surface area contributed by atoms with Crippen molar-refractivity contribution in [3.63, 3.8) is 0 Å². The van der Waals surface area contributed by atoms with Crippen molar-refractivity contribution in [2.75, 3.05) is 18.0 Å². The Labute approximate surface area is 167 Å². The van der Waals surface area contributed by atoms with Gasteiger partial charge in [0.2, 0.25) is 0 Å². The Hall–Kier alpha value is -3.61. The molecule has 7 nitrogen and oxygen atoms in total. The van der Waals surface area contributed by atoms with E-state index in [2.05, 4.69) is 54.5 Å². The lowest BCUT2D eigenvalue weighted by Gasteiger charge is -2.28. The summed E-state index contributed by atoms with van der Waals surface area (Å²) >= 11 is 0. The highest BCUT2D eigenvalue weighted by atomic mass is 15.2. The van der Waals surface area contributed by atoms with Crippen LogP contribution in [0.3, 0.4) is 0 Å². The summed E-state index contributed by atoms with van der Waals surface area (Å²) in [6.07, 6.45) is 9.41. The van der Waals surface area contributed by atoms with Crippen LogP contribution < -0.4 is 4.90 Å². The van der Waals surface area contributed by atoms with Gasteiger partial charge in [-0.1, -0.05) is 6.07 Å². The molecule has 0 saturated carbocycles. The van der Waals surface area contributed by atoms with Crippen LogP contribution in [-0.4, -0.2) is 43.5 Å². The number of aromatic amines is 3. The van der Waals surface area contributed by atoms with E-state index in [1.165, 1.54) is 19.3 Å². The van der Waals surface area contributed by atoms with Crippen LogP contribution in [0.2, 0.25) is 0 Å². The second-order valence-electron chi connectivity index (χ2n) is 7.65. The topological polar surface area (TPSA) is 89.3 Å². The summed E-state index contributed by atoms with van der Waals surface area (Å²) in [6.45, 7) is 2.15. The van der Waals surface area contributed by atoms with Crippen LogP contribution in [0.15, 0.2) is 48.9 Å². The van der Waals surface area contributed by atoms with E-state index in [0.717, 1.165) is 63.2 Å². The fraction of sp³-hybridized carbons (Fsp3) is 0.227. The number of rotatable bonds is 3. The van der Waals surface area contributed by atoms with E-state index in [1.54, 1.807) is 0 Å². The van der Waals surface area contributed by atoms with Crippen molar-refractivity contribution in [2.45, 2.75) is 19.3 Å². The molecule has 7 heteroatoms. The lowest BCUT2D eigenvalue weighted by atomic mass is 10.1. The first-order valence-electron chi connectivity index (χ1n) is 10.1. The van der Waals surface area contributed by atoms with E-state index >= 15 is 0 Å². The summed E-state index contributed by atoms with van der Waals surface area (Å²) in [5.74, 6) is 1.07. The molecule has 0 atom stereocenters. The largest absolute Gasteiger partial charge is 0.356 e. The van der Waals surface area contributed by atoms with Crippen molar-refractivity contribution in [2.24, 2.45) is 0 Å². The third-order valence-electron chi connectivity index (χ3n) is 5.83. The standard InChI is InChI=1S/C22H21N7/c1-2-8-29(9-3-1)22-17-11-20(26-18(17)6-7-23-22)21-16-10-14(15-12-24-25-13-15)4-5-19(16)27-28-21/h4-7,10-13,26H,1-3,8-9H2,(H,24,25)(H,27,28). The van der Waals surface area contributed by atoms with Crippen molar-refractivity contribution in [3.8, 4) is 22.5 Å². The molecular formula is C22H21N7. The Bertz CT molecular complexity index is 1290. The Morgan fingerprint density at radius 1 is 0.897 bits per heavy atom. The van der Waals surface area contributed by atoms with Gasteiger partial charge in [-0.25, -0.2) is 4.98 Å². The zero-order chi connectivity index (χ0) is 19.2. The predicted molar refractivity (Wildman–Crippen MR) is 115 cm³/mol. The Morgan fingerprint density at radius 3 is 2.69 bits per heavy atom. The van der Waals surface area contributed by atoms with Crippen LogP contribution in [0.5, 0.6) is 0 Å². The van der Waals surface area contributed by atoms with Crippen molar-refractivity contribution in [1.29, 1.82) is 0 Å². The molecule has 0 aliphatic carbocycles. The van der Waals surface area contributed by atoms with E-state index in [4.69, 9.17) is 4.98 Å². The molecule has 5 aromatic rings. The smallest absolute Gasteiger partial charge is 0.137 e. The SMILES string of the molecule is c1cc2[nH]c(-c3n[nH]c4ccc(-c5cn[nH]c5)cc34)cc2c(N2CCCCC2)n1. The number of benzene rings is 1. The van der Waals surface area contributed by atoms with Gasteiger partial charge in [-0.2, -0.15) is 10.2 Å². The number of pyridine rings is 1. The average molecular weight is 383 g/mol. The minimum atomic E-state index is 0.922. The summed E-state index contributed by atoms with van der Waals surface area (Å²) in [5.41, 5.74) is 6.21. The molecule has 29 heavy (non-hydrogen) atoms. The molecular weight excluding hydrogens is 362 g/mol. The summed E-state index contributed by atoms with van der Waals surface area (Å²) < 4.78 is 0. The molecule has 1 aromatic carbocycles. The molecule has 1 aliphatic heterocycles. The monoisotopic (exact) mass is 383 g/mol. The van der Waals surface area contributed by atoms with Crippen LogP contribution in [0.25, 0.3) is 44.3 Å². The Morgan fingerprint density at radius 2 is 1.83 bits per heavy atom. The van der Waals surface area contributed by atoms with Crippen LogP contribution in [-0.2, 0) is 0 Å². The fourth-order valence-electron chi connectivity index (χ4n) is 4.33. The zero-order valence-electron chi connectivity index (χ0n) is 15.9. The molecule has 5 heterocycles. The molecule has 0 amide bonds. The van der Waals surface area contributed by atoms with Gasteiger partial charge in [0.25, 0.3) is 0 Å². The molecule has 4 aromatic heterocycles. The van der Waals surface area contributed by atoms with Gasteiger partial charge in [-0.15, -0.1) is 0 Å². The summed E-state index contributed by atoms with van der Waals surface area (Å²) in [4.78, 5) is 10.7. The third-order valence-corrected chi connectivity index (χ3v) is 5.83. The molecule has 1 saturated heterocycles. The lowest BCUT2D eigenvalue weighted by Crippen LogP contribution is -2.30. The molecule has 6 rings (SSSR count). The van der Waals surface area contributed by atoms with E-state index in [1.807, 2.05) is 24.7 Å². The second-order valence-corrected chi connectivity index (χ2v) is 7.65. The van der Waals surface area contributed by atoms with Gasteiger partial charge in [0, 0.05) is 41.8 Å². The van der Waals surface area contributed by atoms with Gasteiger partial charge in [-0.3, -0.25) is 10.2 Å². The molecule has 0 radical (unpaired) electrons. The first kappa shape index (κ1) is 16.4. The minimum absolute atomic E-state index is 0.922. The Balaban J connectivity index is 1.48. The van der Waals surface area contributed by atoms with E-state index in [0.29, 0.717) is 0 Å². The number of nitrogens with zero attached hydrogens (tertiary/aromatic N) is 4. The van der Waals surface area contributed by atoms with Crippen LogP contribution >= 0.6 is 0 Å². The predicted octanol–water partition coefficient (Wildman–Crippen LogP) is 4.49. The first-order chi connectivity index (χ1) is 14.4. The van der Waals surface area contributed by atoms with Gasteiger partial charge >= 0.3 is 0 Å². The van der Waals surface area contributed by atoms with E-state index in [-0.39, 0.29) is 0 Å². The van der Waals surface area contributed by atoms with Gasteiger partial charge < -0.3 is 9.88 Å². The zero-order valence-corrected chi connectivity index (χ0v) is 15.9. The maximum absolute atomic E-state index is 4.70. The molecule has 3 N–H and O–H groups in total. The highest BCUT2D eigenvalue weighted by molar-refractivity contribution is 6.00. The molecule has 1 fully saturated rings. The van der Waals surface area contributed by atoms with Crippen LogP contribution in [0.1, 0.15) is 19.3 Å². The summed E-state index contributed by atoms with van der Waals surface area (Å²) in [6, 6.07) is 10.5. The number of anilines is 1. The maximum atomic E-state index is 4.70. The second kappa shape index (κ2) is 6.48. The number of nitrogens with one attached hydrogen (secondary N) is 3. The maximum Gasteiger partial charge on any atom is 0.137 e. The lowest BCUT2D eigenvalue weighted by molar-refractivity contribution is 0.575. The van der Waals surface area contributed by atoms with Gasteiger partial charge in [0.15, 0.2) is 0 Å². The highest BCUT2D eigenvalue weighted by Gasteiger charge is 2.18. The number of hydrogen-bond acceptors (Lipinski definition) is 4. The number of H-pyrrole nitrogens is 3. The molecule has 0 bridgehead atoms. The molecule has 1 aliphatic rings. The van der Waals surface area contributed by atoms with Gasteiger partial charge in [0.1, 0.15) is 11.5 Å². The van der Waals surface area contributed by atoms with Gasteiger partial charge in [0.05, 0.1) is 22.9 Å². The average Bonchev–Trinajstić information content (AvgIpc) is 3.52. The number of aromatic nitrogens is 6. The number of piperidine rings is 1. The minimum Gasteiger partial charge on any atom is -0.356 e. The van der Waals surface area contributed by atoms with Crippen LogP contribution in [0.4, 0.5) is 5.82 Å². The van der Waals surface area contributed by atoms with Crippen molar-refractivity contribution in [3.05, 3.63) is 48.9 Å². The van der Waals surface area contributed by atoms with Crippen molar-refractivity contribution < 1.29 is 0 Å². The number of hydrogen-bond donors (Lipinski definition) is 3. The molecule has 0 unspecified atom stereocenters. The van der Waals surface area contributed by atoms with E-state index in [9.17, 15) is 0 Å². The normalized spacial score (nSPS) is 14.8.